The Balaban J connectivity index is 1.28. The Labute approximate surface area is 212 Å². The van der Waals surface area contributed by atoms with Gasteiger partial charge in [0.25, 0.3) is 0 Å². The van der Waals surface area contributed by atoms with E-state index in [9.17, 15) is 14.9 Å². The number of para-hydroxylation sites is 1. The predicted molar refractivity (Wildman–Crippen MR) is 141 cm³/mol. The molecule has 0 bridgehead atoms. The Morgan fingerprint density at radius 3 is 2.57 bits per heavy atom. The topological polar surface area (TPSA) is 88.5 Å². The SMILES string of the molecule is CCc1ccccc1NC(=O)CN1CCN(C(C)C(=O)Nc2sc3c(c2C#N)CCCCC3)CC1. The molecule has 35 heavy (non-hydrogen) atoms. The average Bonchev–Trinajstić information content (AvgIpc) is 3.02. The van der Waals surface area contributed by atoms with Crippen LogP contribution >= 0.6 is 11.3 Å². The maximum atomic E-state index is 13.1. The highest BCUT2D eigenvalue weighted by Crippen LogP contribution is 2.37. The highest BCUT2D eigenvalue weighted by Gasteiger charge is 2.28. The van der Waals surface area contributed by atoms with Gasteiger partial charge in [0.15, 0.2) is 0 Å². The monoisotopic (exact) mass is 493 g/mol. The summed E-state index contributed by atoms with van der Waals surface area (Å²) in [4.78, 5) is 31.2. The van der Waals surface area contributed by atoms with Gasteiger partial charge in [0, 0.05) is 36.7 Å². The second kappa shape index (κ2) is 11.8. The quantitative estimate of drug-likeness (QED) is 0.569. The molecule has 186 valence electrons. The van der Waals surface area contributed by atoms with E-state index in [1.54, 1.807) is 11.3 Å². The van der Waals surface area contributed by atoms with Gasteiger partial charge in [0.1, 0.15) is 11.1 Å². The number of amides is 2. The number of nitriles is 1. The van der Waals surface area contributed by atoms with Gasteiger partial charge < -0.3 is 10.6 Å². The van der Waals surface area contributed by atoms with E-state index in [0.717, 1.165) is 75.1 Å². The molecular formula is C27H35N5O2S. The fraction of sp³-hybridized carbons (Fsp3) is 0.519. The Morgan fingerprint density at radius 2 is 1.83 bits per heavy atom. The molecule has 0 saturated carbocycles. The van der Waals surface area contributed by atoms with Gasteiger partial charge >= 0.3 is 0 Å². The van der Waals surface area contributed by atoms with Crippen LogP contribution in [-0.4, -0.2) is 60.4 Å². The van der Waals surface area contributed by atoms with Crippen molar-refractivity contribution in [3.05, 3.63) is 45.8 Å². The van der Waals surface area contributed by atoms with Crippen LogP contribution in [0.5, 0.6) is 0 Å². The first kappa shape index (κ1) is 25.4. The predicted octanol–water partition coefficient (Wildman–Crippen LogP) is 4.03. The molecule has 1 aliphatic heterocycles. The van der Waals surface area contributed by atoms with Crippen LogP contribution in [0.3, 0.4) is 0 Å². The molecule has 1 saturated heterocycles. The summed E-state index contributed by atoms with van der Waals surface area (Å²) in [6.45, 7) is 7.26. The standard InChI is InChI=1S/C27H35N5O2S/c1-3-20-9-7-8-11-23(20)29-25(33)18-31-13-15-32(16-14-31)19(2)26(34)30-27-22(17-28)21-10-5-4-6-12-24(21)35-27/h7-9,11,19H,3-6,10,12-16,18H2,1-2H3,(H,29,33)(H,30,34). The molecule has 2 heterocycles. The summed E-state index contributed by atoms with van der Waals surface area (Å²) in [5.41, 5.74) is 3.82. The van der Waals surface area contributed by atoms with E-state index in [1.807, 2.05) is 31.2 Å². The first-order chi connectivity index (χ1) is 17.0. The third-order valence-electron chi connectivity index (χ3n) is 7.14. The molecule has 2 amide bonds. The average molecular weight is 494 g/mol. The number of carbonyl (C=O) groups is 2. The first-order valence-electron chi connectivity index (χ1n) is 12.7. The molecule has 1 fully saturated rings. The van der Waals surface area contributed by atoms with Crippen LogP contribution in [0.4, 0.5) is 10.7 Å². The van der Waals surface area contributed by atoms with Crippen LogP contribution in [-0.2, 0) is 28.9 Å². The van der Waals surface area contributed by atoms with Crippen molar-refractivity contribution in [2.75, 3.05) is 43.4 Å². The van der Waals surface area contributed by atoms with Crippen molar-refractivity contribution in [1.82, 2.24) is 9.80 Å². The molecule has 1 aromatic carbocycles. The van der Waals surface area contributed by atoms with Crippen molar-refractivity contribution in [3.63, 3.8) is 0 Å². The lowest BCUT2D eigenvalue weighted by Crippen LogP contribution is -2.53. The number of carbonyl (C=O) groups excluding carboxylic acids is 2. The molecule has 1 aliphatic carbocycles. The molecule has 0 spiro atoms. The van der Waals surface area contributed by atoms with Gasteiger partial charge in [-0.15, -0.1) is 11.3 Å². The number of hydrogen-bond acceptors (Lipinski definition) is 6. The summed E-state index contributed by atoms with van der Waals surface area (Å²) in [5.74, 6) is -0.0769. The van der Waals surface area contributed by atoms with Crippen LogP contribution in [0, 0.1) is 11.3 Å². The van der Waals surface area contributed by atoms with E-state index in [-0.39, 0.29) is 17.9 Å². The third kappa shape index (κ3) is 6.10. The van der Waals surface area contributed by atoms with Crippen LogP contribution < -0.4 is 10.6 Å². The zero-order valence-electron chi connectivity index (χ0n) is 20.7. The third-order valence-corrected chi connectivity index (χ3v) is 8.35. The number of nitrogens with one attached hydrogen (secondary N) is 2. The minimum absolute atomic E-state index is 0.00774. The summed E-state index contributed by atoms with van der Waals surface area (Å²) < 4.78 is 0. The number of fused-ring (bicyclic) bond motifs is 1. The van der Waals surface area contributed by atoms with E-state index in [1.165, 1.54) is 11.3 Å². The number of piperazine rings is 1. The summed E-state index contributed by atoms with van der Waals surface area (Å²) in [7, 11) is 0. The van der Waals surface area contributed by atoms with Gasteiger partial charge in [-0.25, -0.2) is 0 Å². The number of hydrogen-bond donors (Lipinski definition) is 2. The normalized spacial score (nSPS) is 17.6. The lowest BCUT2D eigenvalue weighted by molar-refractivity contribution is -0.122. The van der Waals surface area contributed by atoms with Crippen molar-refractivity contribution in [3.8, 4) is 6.07 Å². The van der Waals surface area contributed by atoms with Crippen molar-refractivity contribution in [2.45, 2.75) is 58.4 Å². The van der Waals surface area contributed by atoms with Crippen molar-refractivity contribution < 1.29 is 9.59 Å². The lowest BCUT2D eigenvalue weighted by Gasteiger charge is -2.37. The van der Waals surface area contributed by atoms with Gasteiger partial charge in [0.2, 0.25) is 11.8 Å². The molecule has 4 rings (SSSR count). The summed E-state index contributed by atoms with van der Waals surface area (Å²) in [6.07, 6.45) is 6.26. The van der Waals surface area contributed by atoms with E-state index in [2.05, 4.69) is 33.4 Å². The highest BCUT2D eigenvalue weighted by molar-refractivity contribution is 7.16. The molecule has 8 heteroatoms. The van der Waals surface area contributed by atoms with E-state index in [4.69, 9.17) is 0 Å². The number of nitrogens with zero attached hydrogens (tertiary/aromatic N) is 3. The second-order valence-electron chi connectivity index (χ2n) is 9.42. The molecule has 2 aliphatic rings. The zero-order chi connectivity index (χ0) is 24.8. The fourth-order valence-electron chi connectivity index (χ4n) is 4.98. The first-order valence-corrected chi connectivity index (χ1v) is 13.5. The van der Waals surface area contributed by atoms with Crippen molar-refractivity contribution in [1.29, 1.82) is 5.26 Å². The lowest BCUT2D eigenvalue weighted by atomic mass is 10.1. The van der Waals surface area contributed by atoms with Gasteiger partial charge in [-0.3, -0.25) is 19.4 Å². The van der Waals surface area contributed by atoms with Crippen LogP contribution in [0.15, 0.2) is 24.3 Å². The maximum Gasteiger partial charge on any atom is 0.242 e. The van der Waals surface area contributed by atoms with Gasteiger partial charge in [0.05, 0.1) is 18.2 Å². The molecule has 7 nitrogen and oxygen atoms in total. The number of aryl methyl sites for hydroxylation is 2. The summed E-state index contributed by atoms with van der Waals surface area (Å²) in [6, 6.07) is 9.95. The van der Waals surface area contributed by atoms with E-state index >= 15 is 0 Å². The summed E-state index contributed by atoms with van der Waals surface area (Å²) >= 11 is 1.58. The largest absolute Gasteiger partial charge is 0.325 e. The number of rotatable bonds is 7. The molecule has 0 radical (unpaired) electrons. The van der Waals surface area contributed by atoms with Crippen molar-refractivity contribution in [2.24, 2.45) is 0 Å². The molecular weight excluding hydrogens is 458 g/mol. The maximum absolute atomic E-state index is 13.1. The minimum Gasteiger partial charge on any atom is -0.325 e. The van der Waals surface area contributed by atoms with Crippen molar-refractivity contribution >= 4 is 33.8 Å². The van der Waals surface area contributed by atoms with Crippen LogP contribution in [0.2, 0.25) is 0 Å². The van der Waals surface area contributed by atoms with Gasteiger partial charge in [-0.05, 0) is 56.2 Å². The molecule has 1 atom stereocenters. The zero-order valence-corrected chi connectivity index (χ0v) is 21.5. The number of thiophene rings is 1. The molecule has 1 unspecified atom stereocenters. The Morgan fingerprint density at radius 1 is 1.09 bits per heavy atom. The van der Waals surface area contributed by atoms with Gasteiger partial charge in [-0.1, -0.05) is 31.5 Å². The fourth-order valence-corrected chi connectivity index (χ4v) is 6.23. The number of anilines is 2. The smallest absolute Gasteiger partial charge is 0.242 e. The summed E-state index contributed by atoms with van der Waals surface area (Å²) in [5, 5.41) is 16.5. The Kier molecular flexibility index (Phi) is 8.55. The number of benzene rings is 1. The Hall–Kier alpha value is -2.73. The van der Waals surface area contributed by atoms with Gasteiger partial charge in [-0.2, -0.15) is 5.26 Å². The molecule has 1 aromatic heterocycles. The van der Waals surface area contributed by atoms with E-state index in [0.29, 0.717) is 17.1 Å². The second-order valence-corrected chi connectivity index (χ2v) is 10.5. The molecule has 2 aromatic rings. The Bertz CT molecular complexity index is 1100. The molecule has 2 N–H and O–H groups in total. The minimum atomic E-state index is -0.296. The highest BCUT2D eigenvalue weighted by atomic mass is 32.1. The van der Waals surface area contributed by atoms with Crippen LogP contribution in [0.1, 0.15) is 54.7 Å². The van der Waals surface area contributed by atoms with Crippen LogP contribution in [0.25, 0.3) is 0 Å². The van der Waals surface area contributed by atoms with E-state index < -0.39 is 0 Å².